The summed E-state index contributed by atoms with van der Waals surface area (Å²) in [7, 11) is 1.37. The van der Waals surface area contributed by atoms with Crippen molar-refractivity contribution in [2.45, 2.75) is 13.0 Å². The number of amides is 2. The number of methoxy groups -OCH3 is 1. The van der Waals surface area contributed by atoms with Crippen LogP contribution >= 0.6 is 11.6 Å². The van der Waals surface area contributed by atoms with E-state index in [0.29, 0.717) is 5.69 Å². The molecule has 0 bridgehead atoms. The van der Waals surface area contributed by atoms with Crippen molar-refractivity contribution in [1.82, 2.24) is 5.43 Å². The highest BCUT2D eigenvalue weighted by atomic mass is 35.5. The van der Waals surface area contributed by atoms with E-state index in [1.807, 2.05) is 0 Å². The van der Waals surface area contributed by atoms with Crippen molar-refractivity contribution < 1.29 is 29.0 Å². The molecule has 0 aromatic heterocycles. The summed E-state index contributed by atoms with van der Waals surface area (Å²) in [6.45, 7) is 1.35. The molecule has 2 N–H and O–H groups in total. The van der Waals surface area contributed by atoms with Gasteiger partial charge in [-0.25, -0.2) is 9.80 Å². The summed E-state index contributed by atoms with van der Waals surface area (Å²) in [6.07, 6.45) is 0.0926. The summed E-state index contributed by atoms with van der Waals surface area (Å²) in [5.74, 6) is -2.15. The molecule has 3 rings (SSSR count). The molecule has 150 valence electrons. The second-order valence-electron chi connectivity index (χ2n) is 6.10. The van der Waals surface area contributed by atoms with Crippen molar-refractivity contribution in [3.8, 4) is 11.5 Å². The summed E-state index contributed by atoms with van der Waals surface area (Å²) in [4.78, 5) is 36.4. The van der Waals surface area contributed by atoms with Gasteiger partial charge in [0.15, 0.2) is 17.6 Å². The third-order valence-electron chi connectivity index (χ3n) is 4.12. The normalized spacial score (nSPS) is 16.0. The molecule has 1 atom stereocenters. The second-order valence-corrected chi connectivity index (χ2v) is 6.54. The van der Waals surface area contributed by atoms with Crippen LogP contribution in [0, 0.1) is 0 Å². The standard InChI is InChI=1S/C20H17ClN2O6/c1-11(20(26)27)29-17-12(8-13(21)10-16(17)28-2)9-15-18(24)22-23(19(15)25)14-6-4-3-5-7-14/h3-11H,1-2H3,(H,22,24)(H,26,27)/b15-9+/t11-/m1/s1. The Hall–Kier alpha value is -3.52. The summed E-state index contributed by atoms with van der Waals surface area (Å²) >= 11 is 6.11. The molecule has 29 heavy (non-hydrogen) atoms. The summed E-state index contributed by atoms with van der Waals surface area (Å²) in [5.41, 5.74) is 3.05. The Kier molecular flexibility index (Phi) is 5.74. The minimum absolute atomic E-state index is 0.0538. The third-order valence-corrected chi connectivity index (χ3v) is 4.33. The van der Waals surface area contributed by atoms with Gasteiger partial charge in [0.25, 0.3) is 11.8 Å². The van der Waals surface area contributed by atoms with Gasteiger partial charge in [-0.05, 0) is 31.2 Å². The fourth-order valence-electron chi connectivity index (χ4n) is 2.67. The van der Waals surface area contributed by atoms with Gasteiger partial charge >= 0.3 is 5.97 Å². The number of nitrogens with one attached hydrogen (secondary N) is 1. The molecule has 0 aliphatic carbocycles. The number of nitrogens with zero attached hydrogens (tertiary/aromatic N) is 1. The van der Waals surface area contributed by atoms with Gasteiger partial charge < -0.3 is 14.6 Å². The second kappa shape index (κ2) is 8.24. The Morgan fingerprint density at radius 1 is 1.24 bits per heavy atom. The lowest BCUT2D eigenvalue weighted by Gasteiger charge is -2.17. The van der Waals surface area contributed by atoms with E-state index in [-0.39, 0.29) is 27.7 Å². The summed E-state index contributed by atoms with van der Waals surface area (Å²) in [5, 5.41) is 10.5. The number of aliphatic carboxylic acids is 1. The predicted molar refractivity (Wildman–Crippen MR) is 106 cm³/mol. The summed E-state index contributed by atoms with van der Waals surface area (Å²) < 4.78 is 10.7. The molecule has 2 aromatic rings. The highest BCUT2D eigenvalue weighted by Gasteiger charge is 2.35. The van der Waals surface area contributed by atoms with Crippen LogP contribution in [0.4, 0.5) is 5.69 Å². The smallest absolute Gasteiger partial charge is 0.344 e. The van der Waals surface area contributed by atoms with E-state index in [9.17, 15) is 14.4 Å². The van der Waals surface area contributed by atoms with Crippen LogP contribution in [0.3, 0.4) is 0 Å². The number of carboxylic acid groups (broad SMARTS) is 1. The highest BCUT2D eigenvalue weighted by molar-refractivity contribution is 6.32. The molecule has 0 unspecified atom stereocenters. The number of ether oxygens (including phenoxy) is 2. The lowest BCUT2D eigenvalue weighted by Crippen LogP contribution is -2.35. The van der Waals surface area contributed by atoms with Crippen molar-refractivity contribution in [2.75, 3.05) is 12.1 Å². The molecule has 0 radical (unpaired) electrons. The average molecular weight is 417 g/mol. The number of hydrazine groups is 1. The third kappa shape index (κ3) is 4.17. The SMILES string of the molecule is COc1cc(Cl)cc(/C=C2\C(=O)NN(c3ccccc3)C2=O)c1O[C@H](C)C(=O)O. The van der Waals surface area contributed by atoms with E-state index in [1.54, 1.807) is 30.3 Å². The van der Waals surface area contributed by atoms with E-state index in [1.165, 1.54) is 32.2 Å². The quantitative estimate of drug-likeness (QED) is 0.554. The molecule has 1 fully saturated rings. The van der Waals surface area contributed by atoms with Crippen LogP contribution in [0.2, 0.25) is 5.02 Å². The minimum Gasteiger partial charge on any atom is -0.493 e. The fraction of sp³-hybridized carbons (Fsp3) is 0.150. The highest BCUT2D eigenvalue weighted by Crippen LogP contribution is 2.37. The number of rotatable bonds is 6. The van der Waals surface area contributed by atoms with Crippen molar-refractivity contribution >= 4 is 41.1 Å². The molecule has 1 aliphatic heterocycles. The maximum Gasteiger partial charge on any atom is 0.344 e. The topological polar surface area (TPSA) is 105 Å². The zero-order chi connectivity index (χ0) is 21.1. The molecule has 0 saturated carbocycles. The van der Waals surface area contributed by atoms with E-state index in [2.05, 4.69) is 5.43 Å². The largest absolute Gasteiger partial charge is 0.493 e. The Labute approximate surface area is 171 Å². The predicted octanol–water partition coefficient (Wildman–Crippen LogP) is 2.66. The number of halogens is 1. The maximum atomic E-state index is 12.8. The van der Waals surface area contributed by atoms with E-state index in [0.717, 1.165) is 5.01 Å². The van der Waals surface area contributed by atoms with Gasteiger partial charge in [0.05, 0.1) is 12.8 Å². The van der Waals surface area contributed by atoms with E-state index < -0.39 is 23.9 Å². The number of benzene rings is 2. The first kappa shape index (κ1) is 20.2. The molecule has 1 aliphatic rings. The van der Waals surface area contributed by atoms with Crippen molar-refractivity contribution in [3.63, 3.8) is 0 Å². The van der Waals surface area contributed by atoms with Crippen molar-refractivity contribution in [1.29, 1.82) is 0 Å². The van der Waals surface area contributed by atoms with Gasteiger partial charge in [0.1, 0.15) is 5.57 Å². The number of para-hydroxylation sites is 1. The van der Waals surface area contributed by atoms with Crippen molar-refractivity contribution in [2.24, 2.45) is 0 Å². The lowest BCUT2D eigenvalue weighted by atomic mass is 10.1. The van der Waals surface area contributed by atoms with Crippen LogP contribution in [0.15, 0.2) is 48.0 Å². The van der Waals surface area contributed by atoms with Crippen LogP contribution in [-0.4, -0.2) is 36.1 Å². The van der Waals surface area contributed by atoms with Crippen LogP contribution in [-0.2, 0) is 14.4 Å². The molecular weight excluding hydrogens is 400 g/mol. The molecular formula is C20H17ClN2O6. The molecule has 2 aromatic carbocycles. The zero-order valence-electron chi connectivity index (χ0n) is 15.5. The van der Waals surface area contributed by atoms with Gasteiger partial charge in [0, 0.05) is 16.7 Å². The number of carbonyl (C=O) groups is 3. The van der Waals surface area contributed by atoms with Gasteiger partial charge in [-0.1, -0.05) is 29.8 Å². The van der Waals surface area contributed by atoms with Crippen LogP contribution < -0.4 is 19.9 Å². The molecule has 8 nitrogen and oxygen atoms in total. The van der Waals surface area contributed by atoms with E-state index in [4.69, 9.17) is 26.2 Å². The molecule has 1 heterocycles. The Balaban J connectivity index is 2.05. The number of carbonyl (C=O) groups excluding carboxylic acids is 2. The number of carboxylic acids is 1. The van der Waals surface area contributed by atoms with Crippen LogP contribution in [0.1, 0.15) is 12.5 Å². The molecule has 9 heteroatoms. The lowest BCUT2D eigenvalue weighted by molar-refractivity contribution is -0.144. The first-order chi connectivity index (χ1) is 13.8. The Morgan fingerprint density at radius 2 is 1.93 bits per heavy atom. The van der Waals surface area contributed by atoms with Crippen LogP contribution in [0.25, 0.3) is 6.08 Å². The van der Waals surface area contributed by atoms with Crippen molar-refractivity contribution in [3.05, 3.63) is 58.6 Å². The Bertz CT molecular complexity index is 1010. The number of anilines is 1. The first-order valence-electron chi connectivity index (χ1n) is 8.51. The monoisotopic (exact) mass is 416 g/mol. The number of hydrogen-bond donors (Lipinski definition) is 2. The maximum absolute atomic E-state index is 12.8. The van der Waals surface area contributed by atoms with Crippen LogP contribution in [0.5, 0.6) is 11.5 Å². The minimum atomic E-state index is -1.20. The number of hydrogen-bond acceptors (Lipinski definition) is 5. The summed E-state index contributed by atoms with van der Waals surface area (Å²) in [6, 6.07) is 11.5. The van der Waals surface area contributed by atoms with Gasteiger partial charge in [-0.15, -0.1) is 0 Å². The molecule has 0 spiro atoms. The fourth-order valence-corrected chi connectivity index (χ4v) is 2.89. The molecule has 1 saturated heterocycles. The van der Waals surface area contributed by atoms with Gasteiger partial charge in [0.2, 0.25) is 0 Å². The van der Waals surface area contributed by atoms with Gasteiger partial charge in [-0.2, -0.15) is 0 Å². The average Bonchev–Trinajstić information content (AvgIpc) is 2.98. The first-order valence-corrected chi connectivity index (χ1v) is 8.88. The zero-order valence-corrected chi connectivity index (χ0v) is 16.3. The Morgan fingerprint density at radius 3 is 2.55 bits per heavy atom. The van der Waals surface area contributed by atoms with E-state index >= 15 is 0 Å². The molecule has 2 amide bonds. The van der Waals surface area contributed by atoms with Gasteiger partial charge in [-0.3, -0.25) is 15.0 Å².